The highest BCUT2D eigenvalue weighted by Crippen LogP contribution is 2.38. The van der Waals surface area contributed by atoms with E-state index in [4.69, 9.17) is 10.2 Å². The monoisotopic (exact) mass is 378 g/mol. The normalized spacial score (nSPS) is 22.8. The van der Waals surface area contributed by atoms with E-state index in [0.29, 0.717) is 12.1 Å². The molecule has 1 aromatic heterocycles. The smallest absolute Gasteiger partial charge is 0.254 e. The Balaban J connectivity index is 0.000000221. The van der Waals surface area contributed by atoms with Crippen LogP contribution >= 0.6 is 0 Å². The summed E-state index contributed by atoms with van der Waals surface area (Å²) in [5, 5.41) is 27.8. The molecule has 4 rings (SSSR count). The molecule has 0 amide bonds. The summed E-state index contributed by atoms with van der Waals surface area (Å²) >= 11 is 0. The molecule has 1 saturated carbocycles. The van der Waals surface area contributed by atoms with Crippen molar-refractivity contribution in [3.63, 3.8) is 0 Å². The molecule has 2 aliphatic rings. The lowest BCUT2D eigenvalue weighted by atomic mass is 10.0. The van der Waals surface area contributed by atoms with E-state index in [1.165, 1.54) is 49.7 Å². The van der Waals surface area contributed by atoms with Crippen LogP contribution in [-0.2, 0) is 0 Å². The summed E-state index contributed by atoms with van der Waals surface area (Å²) in [6.07, 6.45) is 4.55. The van der Waals surface area contributed by atoms with Crippen LogP contribution < -0.4 is 0 Å². The van der Waals surface area contributed by atoms with Crippen LogP contribution in [0, 0.1) is 23.6 Å². The van der Waals surface area contributed by atoms with E-state index in [9.17, 15) is 13.9 Å². The van der Waals surface area contributed by atoms with Gasteiger partial charge >= 0.3 is 0 Å². The van der Waals surface area contributed by atoms with E-state index in [0.717, 1.165) is 24.9 Å². The third-order valence-electron chi connectivity index (χ3n) is 5.33. The minimum Gasteiger partial charge on any atom is -0.505 e. The summed E-state index contributed by atoms with van der Waals surface area (Å²) in [7, 11) is 0. The Morgan fingerprint density at radius 2 is 1.78 bits per heavy atom. The molecule has 27 heavy (non-hydrogen) atoms. The molecular weight excluding hydrogens is 354 g/mol. The van der Waals surface area contributed by atoms with Gasteiger partial charge in [-0.3, -0.25) is 4.90 Å². The van der Waals surface area contributed by atoms with Crippen LogP contribution in [0.4, 0.5) is 8.78 Å². The van der Waals surface area contributed by atoms with Gasteiger partial charge in [-0.25, -0.2) is 9.37 Å². The van der Waals surface area contributed by atoms with E-state index in [-0.39, 0.29) is 5.75 Å². The number of benzene rings is 1. The fraction of sp³-hybridized carbons (Fsp3) is 0.450. The third kappa shape index (κ3) is 4.93. The number of aromatic hydroxyl groups is 2. The first-order valence-corrected chi connectivity index (χ1v) is 9.12. The number of halogens is 2. The molecule has 0 radical (unpaired) electrons. The Kier molecular flexibility index (Phi) is 6.23. The maximum absolute atomic E-state index is 13.3. The molecule has 3 atom stereocenters. The first kappa shape index (κ1) is 19.5. The number of phenols is 1. The van der Waals surface area contributed by atoms with Gasteiger partial charge in [0.15, 0.2) is 17.3 Å². The Bertz CT molecular complexity index is 742. The minimum absolute atomic E-state index is 0.369. The largest absolute Gasteiger partial charge is 0.505 e. The molecule has 1 unspecified atom stereocenters. The molecule has 3 N–H and O–H groups in total. The second-order valence-corrected chi connectivity index (χ2v) is 7.21. The summed E-state index contributed by atoms with van der Waals surface area (Å²) in [6, 6.07) is 6.80. The first-order chi connectivity index (χ1) is 12.9. The molecule has 0 spiro atoms. The molecule has 1 aliphatic carbocycles. The number of rotatable bonds is 3. The van der Waals surface area contributed by atoms with E-state index < -0.39 is 23.6 Å². The van der Waals surface area contributed by atoms with Crippen LogP contribution in [0.5, 0.6) is 11.5 Å². The first-order valence-electron chi connectivity index (χ1n) is 9.12. The SMILES string of the molecule is Oc1ccc(C(O)CN2C[C@H]3CCC[C@H]3C2)cc1F.Oc1cccnc1F. The van der Waals surface area contributed by atoms with Gasteiger partial charge < -0.3 is 15.3 Å². The van der Waals surface area contributed by atoms with Gasteiger partial charge in [0.1, 0.15) is 0 Å². The highest BCUT2D eigenvalue weighted by molar-refractivity contribution is 5.29. The zero-order valence-corrected chi connectivity index (χ0v) is 14.9. The number of aliphatic hydroxyl groups excluding tert-OH is 1. The predicted octanol–water partition coefficient (Wildman–Crippen LogP) is 3.22. The van der Waals surface area contributed by atoms with Crippen LogP contribution in [0.2, 0.25) is 0 Å². The van der Waals surface area contributed by atoms with E-state index in [1.54, 1.807) is 6.07 Å². The fourth-order valence-electron chi connectivity index (χ4n) is 3.94. The maximum atomic E-state index is 13.3. The lowest BCUT2D eigenvalue weighted by molar-refractivity contribution is 0.121. The van der Waals surface area contributed by atoms with Crippen molar-refractivity contribution < 1.29 is 24.1 Å². The average Bonchev–Trinajstić information content (AvgIpc) is 3.22. The van der Waals surface area contributed by atoms with Crippen molar-refractivity contribution in [1.29, 1.82) is 0 Å². The van der Waals surface area contributed by atoms with Crippen molar-refractivity contribution in [2.75, 3.05) is 19.6 Å². The van der Waals surface area contributed by atoms with Gasteiger partial charge in [-0.2, -0.15) is 4.39 Å². The fourth-order valence-corrected chi connectivity index (χ4v) is 3.94. The molecule has 1 aromatic carbocycles. The maximum Gasteiger partial charge on any atom is 0.254 e. The number of aliphatic hydroxyl groups is 1. The van der Waals surface area contributed by atoms with Gasteiger partial charge in [0.25, 0.3) is 5.95 Å². The number of likely N-dealkylation sites (tertiary alicyclic amines) is 1. The average molecular weight is 378 g/mol. The number of β-amino-alcohol motifs (C(OH)–C–C–N with tert-alkyl or cyclic N) is 1. The molecule has 1 saturated heterocycles. The van der Waals surface area contributed by atoms with Crippen LogP contribution in [0.15, 0.2) is 36.5 Å². The number of pyridine rings is 1. The molecule has 2 fully saturated rings. The summed E-state index contributed by atoms with van der Waals surface area (Å²) in [5.74, 6) is -0.686. The Hall–Kier alpha value is -2.25. The van der Waals surface area contributed by atoms with Crippen LogP contribution in [-0.4, -0.2) is 44.8 Å². The number of phenolic OH excluding ortho intramolecular Hbond substituents is 1. The Morgan fingerprint density at radius 1 is 1.07 bits per heavy atom. The minimum atomic E-state index is -0.826. The summed E-state index contributed by atoms with van der Waals surface area (Å²) < 4.78 is 25.2. The summed E-state index contributed by atoms with van der Waals surface area (Å²) in [4.78, 5) is 5.44. The number of hydrogen-bond donors (Lipinski definition) is 3. The van der Waals surface area contributed by atoms with Crippen LogP contribution in [0.1, 0.15) is 30.9 Å². The molecule has 2 aromatic rings. The molecule has 146 valence electrons. The van der Waals surface area contributed by atoms with Crippen molar-refractivity contribution in [3.8, 4) is 11.5 Å². The lowest BCUT2D eigenvalue weighted by Crippen LogP contribution is -2.27. The van der Waals surface area contributed by atoms with Gasteiger partial charge in [0.05, 0.1) is 6.10 Å². The molecule has 1 aliphatic heterocycles. The van der Waals surface area contributed by atoms with Gasteiger partial charge in [0.2, 0.25) is 0 Å². The zero-order chi connectivity index (χ0) is 19.4. The Labute approximate surface area is 156 Å². The summed E-state index contributed by atoms with van der Waals surface area (Å²) in [5.41, 5.74) is 0.535. The van der Waals surface area contributed by atoms with E-state index >= 15 is 0 Å². The highest BCUT2D eigenvalue weighted by Gasteiger charge is 2.36. The topological polar surface area (TPSA) is 76.8 Å². The number of nitrogens with zero attached hydrogens (tertiary/aromatic N) is 2. The summed E-state index contributed by atoms with van der Waals surface area (Å²) in [6.45, 7) is 2.67. The van der Waals surface area contributed by atoms with Gasteiger partial charge in [-0.05, 0) is 54.5 Å². The second kappa shape index (κ2) is 8.63. The molecule has 7 heteroatoms. The molecule has 0 bridgehead atoms. The van der Waals surface area contributed by atoms with E-state index in [2.05, 4.69) is 9.88 Å². The van der Waals surface area contributed by atoms with Crippen molar-refractivity contribution in [2.24, 2.45) is 11.8 Å². The van der Waals surface area contributed by atoms with Crippen molar-refractivity contribution in [3.05, 3.63) is 53.9 Å². The molecular formula is C20H24F2N2O3. The van der Waals surface area contributed by atoms with Gasteiger partial charge in [-0.15, -0.1) is 0 Å². The zero-order valence-electron chi connectivity index (χ0n) is 14.9. The standard InChI is InChI=1S/C15H20FNO2.C5H4FNO/c16-13-6-10(4-5-14(13)18)15(19)9-17-7-11-2-1-3-12(11)8-17;6-5-4(8)2-1-3-7-5/h4-6,11-12,15,18-19H,1-3,7-9H2;1-3,8H/t11-,12+,15?;. The van der Waals surface area contributed by atoms with Crippen molar-refractivity contribution in [1.82, 2.24) is 9.88 Å². The second-order valence-electron chi connectivity index (χ2n) is 7.21. The number of hydrogen-bond acceptors (Lipinski definition) is 5. The highest BCUT2D eigenvalue weighted by atomic mass is 19.1. The third-order valence-corrected chi connectivity index (χ3v) is 5.33. The van der Waals surface area contributed by atoms with E-state index in [1.807, 2.05) is 0 Å². The van der Waals surface area contributed by atoms with Crippen molar-refractivity contribution in [2.45, 2.75) is 25.4 Å². The van der Waals surface area contributed by atoms with Gasteiger partial charge in [0, 0.05) is 25.8 Å². The predicted molar refractivity (Wildman–Crippen MR) is 96.2 cm³/mol. The number of aromatic nitrogens is 1. The molecule has 5 nitrogen and oxygen atoms in total. The van der Waals surface area contributed by atoms with Crippen molar-refractivity contribution >= 4 is 0 Å². The quantitative estimate of drug-likeness (QED) is 0.715. The lowest BCUT2D eigenvalue weighted by Gasteiger charge is -2.21. The van der Waals surface area contributed by atoms with Crippen LogP contribution in [0.3, 0.4) is 0 Å². The Morgan fingerprint density at radius 3 is 2.33 bits per heavy atom. The molecule has 2 heterocycles. The van der Waals surface area contributed by atoms with Gasteiger partial charge in [-0.1, -0.05) is 12.5 Å². The number of fused-ring (bicyclic) bond motifs is 1. The van der Waals surface area contributed by atoms with Crippen LogP contribution in [0.25, 0.3) is 0 Å².